The fraction of sp³-hybridized carbons (Fsp3) is 0.0714. The monoisotopic (exact) mass is 358 g/mol. The molecule has 0 spiro atoms. The molecule has 0 amide bonds. The Kier molecular flexibility index (Phi) is 4.86. The molecule has 0 aromatic heterocycles. The number of hydrogen-bond acceptors (Lipinski definition) is 2. The van der Waals surface area contributed by atoms with Gasteiger partial charge in [0.2, 0.25) is 0 Å². The summed E-state index contributed by atoms with van der Waals surface area (Å²) < 4.78 is 6.38. The van der Waals surface area contributed by atoms with Gasteiger partial charge in [0.15, 0.2) is 0 Å². The first kappa shape index (κ1) is 14.4. The number of carbonyl (C=O) groups excluding carboxylic acids is 1. The molecule has 0 N–H and O–H groups in total. The lowest BCUT2D eigenvalue weighted by Gasteiger charge is -2.10. The summed E-state index contributed by atoms with van der Waals surface area (Å²) >= 11 is 14.7. The van der Waals surface area contributed by atoms with Gasteiger partial charge in [0, 0.05) is 9.50 Å². The van der Waals surface area contributed by atoms with E-state index in [2.05, 4.69) is 15.9 Å². The molecular weight excluding hydrogens is 351 g/mol. The fourth-order valence-corrected chi connectivity index (χ4v) is 2.29. The predicted molar refractivity (Wildman–Crippen MR) is 80.1 cm³/mol. The van der Waals surface area contributed by atoms with Crippen molar-refractivity contribution in [3.05, 3.63) is 63.1 Å². The Morgan fingerprint density at radius 1 is 1.21 bits per heavy atom. The third-order valence-corrected chi connectivity index (χ3v) is 3.37. The highest BCUT2D eigenvalue weighted by Gasteiger charge is 2.11. The Morgan fingerprint density at radius 3 is 2.68 bits per heavy atom. The van der Waals surface area contributed by atoms with Gasteiger partial charge in [-0.3, -0.25) is 4.79 Å². The maximum absolute atomic E-state index is 11.3. The molecule has 2 aromatic carbocycles. The van der Waals surface area contributed by atoms with E-state index in [0.717, 1.165) is 10.0 Å². The highest BCUT2D eigenvalue weighted by atomic mass is 79.9. The van der Waals surface area contributed by atoms with E-state index >= 15 is 0 Å². The van der Waals surface area contributed by atoms with Gasteiger partial charge in [-0.05, 0) is 47.5 Å². The zero-order valence-electron chi connectivity index (χ0n) is 9.70. The molecule has 0 bridgehead atoms. The molecule has 0 aliphatic heterocycles. The minimum absolute atomic E-state index is 0.319. The molecule has 0 radical (unpaired) electrons. The largest absolute Gasteiger partial charge is 0.488 e. The highest BCUT2D eigenvalue weighted by Crippen LogP contribution is 2.25. The lowest BCUT2D eigenvalue weighted by Crippen LogP contribution is -2.00. The summed E-state index contributed by atoms with van der Waals surface area (Å²) in [7, 11) is 0. The van der Waals surface area contributed by atoms with E-state index in [0.29, 0.717) is 22.9 Å². The highest BCUT2D eigenvalue weighted by molar-refractivity contribution is 9.10. The first-order chi connectivity index (χ1) is 9.06. The quantitative estimate of drug-likeness (QED) is 0.713. The van der Waals surface area contributed by atoms with Crippen LogP contribution in [-0.2, 0) is 6.61 Å². The maximum atomic E-state index is 11.3. The predicted octanol–water partition coefficient (Wildman–Crippen LogP) is 5.06. The van der Waals surface area contributed by atoms with Gasteiger partial charge >= 0.3 is 0 Å². The van der Waals surface area contributed by atoms with Crippen LogP contribution < -0.4 is 4.74 Å². The van der Waals surface area contributed by atoms with Crippen LogP contribution in [0.1, 0.15) is 15.9 Å². The van der Waals surface area contributed by atoms with E-state index < -0.39 is 5.24 Å². The van der Waals surface area contributed by atoms with Gasteiger partial charge in [-0.15, -0.1) is 0 Å². The Morgan fingerprint density at radius 2 is 2.00 bits per heavy atom. The number of hydrogen-bond donors (Lipinski definition) is 0. The molecule has 98 valence electrons. The number of benzene rings is 2. The van der Waals surface area contributed by atoms with Crippen molar-refractivity contribution in [2.75, 3.05) is 0 Å². The summed E-state index contributed by atoms with van der Waals surface area (Å²) in [5, 5.41) is 0.0907. The van der Waals surface area contributed by atoms with E-state index in [1.54, 1.807) is 24.3 Å². The van der Waals surface area contributed by atoms with Crippen LogP contribution >= 0.6 is 39.1 Å². The number of rotatable bonds is 4. The molecule has 0 saturated carbocycles. The minimum atomic E-state index is -0.553. The van der Waals surface area contributed by atoms with Gasteiger partial charge in [-0.2, -0.15) is 0 Å². The van der Waals surface area contributed by atoms with Gasteiger partial charge in [-0.25, -0.2) is 0 Å². The third-order valence-electron chi connectivity index (χ3n) is 2.44. The summed E-state index contributed by atoms with van der Waals surface area (Å²) in [6.45, 7) is 0.319. The molecule has 0 unspecified atom stereocenters. The van der Waals surface area contributed by atoms with Crippen molar-refractivity contribution in [3.8, 4) is 5.75 Å². The SMILES string of the molecule is O=C(Cl)c1cc(Br)ccc1OCc1cccc(Cl)c1. The van der Waals surface area contributed by atoms with Crippen LogP contribution in [0.5, 0.6) is 5.75 Å². The summed E-state index contributed by atoms with van der Waals surface area (Å²) in [6, 6.07) is 12.5. The van der Waals surface area contributed by atoms with Crippen molar-refractivity contribution in [1.29, 1.82) is 0 Å². The van der Waals surface area contributed by atoms with Crippen LogP contribution in [0.4, 0.5) is 0 Å². The molecule has 5 heteroatoms. The average molecular weight is 360 g/mol. The first-order valence-electron chi connectivity index (χ1n) is 5.43. The van der Waals surface area contributed by atoms with Gasteiger partial charge < -0.3 is 4.74 Å². The molecule has 0 fully saturated rings. The summed E-state index contributed by atoms with van der Waals surface area (Å²) in [5.74, 6) is 0.447. The summed E-state index contributed by atoms with van der Waals surface area (Å²) in [5.41, 5.74) is 1.25. The van der Waals surface area contributed by atoms with Crippen molar-refractivity contribution < 1.29 is 9.53 Å². The Bertz CT molecular complexity index is 614. The molecule has 0 heterocycles. The second-order valence-electron chi connectivity index (χ2n) is 3.83. The van der Waals surface area contributed by atoms with Crippen LogP contribution in [-0.4, -0.2) is 5.24 Å². The smallest absolute Gasteiger partial charge is 0.256 e. The lowest BCUT2D eigenvalue weighted by molar-refractivity contribution is 0.107. The summed E-state index contributed by atoms with van der Waals surface area (Å²) in [6.07, 6.45) is 0. The average Bonchev–Trinajstić information content (AvgIpc) is 2.37. The van der Waals surface area contributed by atoms with E-state index in [9.17, 15) is 4.79 Å². The van der Waals surface area contributed by atoms with Crippen molar-refractivity contribution in [2.24, 2.45) is 0 Å². The van der Waals surface area contributed by atoms with Gasteiger partial charge in [0.1, 0.15) is 12.4 Å². The molecule has 0 aliphatic carbocycles. The number of carbonyl (C=O) groups is 1. The van der Waals surface area contributed by atoms with Crippen molar-refractivity contribution >= 4 is 44.4 Å². The zero-order valence-corrected chi connectivity index (χ0v) is 12.8. The van der Waals surface area contributed by atoms with E-state index in [1.165, 1.54) is 0 Å². The second-order valence-corrected chi connectivity index (χ2v) is 5.53. The minimum Gasteiger partial charge on any atom is -0.488 e. The van der Waals surface area contributed by atoms with Crippen molar-refractivity contribution in [1.82, 2.24) is 0 Å². The van der Waals surface area contributed by atoms with Crippen LogP contribution in [0, 0.1) is 0 Å². The number of halogens is 3. The fourth-order valence-electron chi connectivity index (χ4n) is 1.57. The van der Waals surface area contributed by atoms with Gasteiger partial charge in [-0.1, -0.05) is 39.7 Å². The molecule has 2 aromatic rings. The third kappa shape index (κ3) is 3.96. The van der Waals surface area contributed by atoms with Crippen LogP contribution in [0.25, 0.3) is 0 Å². The molecule has 0 atom stereocenters. The molecular formula is C14H9BrCl2O2. The van der Waals surface area contributed by atoms with Gasteiger partial charge in [0.25, 0.3) is 5.24 Å². The molecule has 2 nitrogen and oxygen atoms in total. The number of ether oxygens (including phenoxy) is 1. The standard InChI is InChI=1S/C14H9BrCl2O2/c15-10-4-5-13(12(7-10)14(17)18)19-8-9-2-1-3-11(16)6-9/h1-7H,8H2. The molecule has 0 aliphatic rings. The normalized spacial score (nSPS) is 10.3. The first-order valence-corrected chi connectivity index (χ1v) is 6.98. The van der Waals surface area contributed by atoms with E-state index in [4.69, 9.17) is 27.9 Å². The van der Waals surface area contributed by atoms with E-state index in [1.807, 2.05) is 18.2 Å². The molecule has 0 saturated heterocycles. The zero-order chi connectivity index (χ0) is 13.8. The van der Waals surface area contributed by atoms with Crippen LogP contribution in [0.2, 0.25) is 5.02 Å². The lowest BCUT2D eigenvalue weighted by atomic mass is 10.2. The summed E-state index contributed by atoms with van der Waals surface area (Å²) in [4.78, 5) is 11.3. The second kappa shape index (κ2) is 6.42. The maximum Gasteiger partial charge on any atom is 0.256 e. The van der Waals surface area contributed by atoms with Crippen molar-refractivity contribution in [2.45, 2.75) is 6.61 Å². The molecule has 19 heavy (non-hydrogen) atoms. The van der Waals surface area contributed by atoms with Gasteiger partial charge in [0.05, 0.1) is 5.56 Å². The Hall–Kier alpha value is -1.03. The Labute approximate surface area is 129 Å². The topological polar surface area (TPSA) is 26.3 Å². The van der Waals surface area contributed by atoms with E-state index in [-0.39, 0.29) is 0 Å². The Balaban J connectivity index is 2.17. The van der Waals surface area contributed by atoms with Crippen LogP contribution in [0.15, 0.2) is 46.9 Å². The van der Waals surface area contributed by atoms with Crippen molar-refractivity contribution in [3.63, 3.8) is 0 Å². The van der Waals surface area contributed by atoms with Crippen LogP contribution in [0.3, 0.4) is 0 Å². The molecule has 2 rings (SSSR count).